The molecule has 6 heteroatoms. The van der Waals surface area contributed by atoms with E-state index in [9.17, 15) is 4.79 Å². The van der Waals surface area contributed by atoms with Gasteiger partial charge in [0.1, 0.15) is 10.6 Å². The molecule has 0 saturated carbocycles. The Bertz CT molecular complexity index is 965. The number of likely N-dealkylation sites (tertiary alicyclic amines) is 1. The SMILES string of the molecule is COc1ccc2sc(C(=O)NC3CCN(Cc4ccccc4)CC3)c(Cl)c2c1. The molecule has 1 fully saturated rings. The van der Waals surface area contributed by atoms with Crippen molar-refractivity contribution in [2.24, 2.45) is 0 Å². The van der Waals surface area contributed by atoms with Crippen molar-refractivity contribution in [3.05, 3.63) is 64.0 Å². The summed E-state index contributed by atoms with van der Waals surface area (Å²) in [5.41, 5.74) is 1.33. The monoisotopic (exact) mass is 414 g/mol. The summed E-state index contributed by atoms with van der Waals surface area (Å²) in [6, 6.07) is 16.4. The largest absolute Gasteiger partial charge is 0.497 e. The Morgan fingerprint density at radius 3 is 2.68 bits per heavy atom. The van der Waals surface area contributed by atoms with Crippen LogP contribution in [0.15, 0.2) is 48.5 Å². The molecule has 2 aromatic carbocycles. The summed E-state index contributed by atoms with van der Waals surface area (Å²) in [7, 11) is 1.62. The zero-order valence-electron chi connectivity index (χ0n) is 15.8. The van der Waals surface area contributed by atoms with Crippen LogP contribution in [-0.4, -0.2) is 37.0 Å². The van der Waals surface area contributed by atoms with E-state index in [1.165, 1.54) is 16.9 Å². The Kier molecular flexibility index (Phi) is 5.85. The molecule has 0 aliphatic carbocycles. The molecule has 0 atom stereocenters. The summed E-state index contributed by atoms with van der Waals surface area (Å²) in [6.07, 6.45) is 1.91. The van der Waals surface area contributed by atoms with E-state index in [4.69, 9.17) is 16.3 Å². The number of hydrogen-bond acceptors (Lipinski definition) is 4. The topological polar surface area (TPSA) is 41.6 Å². The maximum absolute atomic E-state index is 12.8. The maximum atomic E-state index is 12.8. The second-order valence-electron chi connectivity index (χ2n) is 7.12. The number of methoxy groups -OCH3 is 1. The highest BCUT2D eigenvalue weighted by Crippen LogP contribution is 2.37. The molecule has 2 heterocycles. The lowest BCUT2D eigenvalue weighted by Crippen LogP contribution is -2.44. The molecule has 1 amide bonds. The smallest absolute Gasteiger partial charge is 0.263 e. The van der Waals surface area contributed by atoms with Crippen molar-refractivity contribution in [3.8, 4) is 5.75 Å². The number of rotatable bonds is 5. The zero-order chi connectivity index (χ0) is 19.5. The Morgan fingerprint density at radius 2 is 1.96 bits per heavy atom. The van der Waals surface area contributed by atoms with E-state index in [-0.39, 0.29) is 11.9 Å². The van der Waals surface area contributed by atoms with Crippen molar-refractivity contribution in [1.29, 1.82) is 0 Å². The first-order valence-electron chi connectivity index (χ1n) is 9.47. The number of thiophene rings is 1. The zero-order valence-corrected chi connectivity index (χ0v) is 17.4. The molecule has 4 rings (SSSR count). The van der Waals surface area contributed by atoms with E-state index in [1.807, 2.05) is 24.3 Å². The Morgan fingerprint density at radius 1 is 1.21 bits per heavy atom. The van der Waals surface area contributed by atoms with E-state index in [1.54, 1.807) is 7.11 Å². The number of nitrogens with one attached hydrogen (secondary N) is 1. The number of benzene rings is 2. The predicted molar refractivity (Wildman–Crippen MR) is 116 cm³/mol. The molecule has 0 bridgehead atoms. The van der Waals surface area contributed by atoms with Crippen LogP contribution >= 0.6 is 22.9 Å². The normalized spacial score (nSPS) is 15.6. The summed E-state index contributed by atoms with van der Waals surface area (Å²) < 4.78 is 6.26. The predicted octanol–water partition coefficient (Wildman–Crippen LogP) is 4.96. The summed E-state index contributed by atoms with van der Waals surface area (Å²) >= 11 is 7.93. The number of carbonyl (C=O) groups excluding carboxylic acids is 1. The van der Waals surface area contributed by atoms with Crippen LogP contribution in [0.3, 0.4) is 0 Å². The Labute approximate surface area is 174 Å². The number of fused-ring (bicyclic) bond motifs is 1. The van der Waals surface area contributed by atoms with Crippen LogP contribution in [0, 0.1) is 0 Å². The van der Waals surface area contributed by atoms with Gasteiger partial charge < -0.3 is 10.1 Å². The van der Waals surface area contributed by atoms with Crippen LogP contribution in [0.5, 0.6) is 5.75 Å². The standard InChI is InChI=1S/C22H23ClN2O2S/c1-27-17-7-8-19-18(13-17)20(23)21(28-19)22(26)24-16-9-11-25(12-10-16)14-15-5-3-2-4-6-15/h2-8,13,16H,9-12,14H2,1H3,(H,24,26). The molecule has 3 aromatic rings. The molecule has 28 heavy (non-hydrogen) atoms. The van der Waals surface area contributed by atoms with E-state index >= 15 is 0 Å². The first kappa shape index (κ1) is 19.2. The summed E-state index contributed by atoms with van der Waals surface area (Å²) in [5.74, 6) is 0.664. The van der Waals surface area contributed by atoms with E-state index in [0.717, 1.165) is 48.3 Å². The first-order chi connectivity index (χ1) is 13.6. The van der Waals surface area contributed by atoms with Gasteiger partial charge in [-0.15, -0.1) is 11.3 Å². The van der Waals surface area contributed by atoms with Crippen LogP contribution in [0.4, 0.5) is 0 Å². The van der Waals surface area contributed by atoms with Crippen molar-refractivity contribution in [1.82, 2.24) is 10.2 Å². The van der Waals surface area contributed by atoms with Gasteiger partial charge in [-0.2, -0.15) is 0 Å². The van der Waals surface area contributed by atoms with Gasteiger partial charge in [-0.05, 0) is 36.6 Å². The van der Waals surface area contributed by atoms with Gasteiger partial charge in [-0.25, -0.2) is 0 Å². The minimum atomic E-state index is -0.0772. The minimum absolute atomic E-state index is 0.0772. The van der Waals surface area contributed by atoms with Gasteiger partial charge >= 0.3 is 0 Å². The Balaban J connectivity index is 1.37. The number of piperidine rings is 1. The second-order valence-corrected chi connectivity index (χ2v) is 8.55. The van der Waals surface area contributed by atoms with Gasteiger partial charge in [0.25, 0.3) is 5.91 Å². The minimum Gasteiger partial charge on any atom is -0.497 e. The van der Waals surface area contributed by atoms with Crippen LogP contribution in [0.25, 0.3) is 10.1 Å². The lowest BCUT2D eigenvalue weighted by atomic mass is 10.0. The fraction of sp³-hybridized carbons (Fsp3) is 0.318. The molecule has 146 valence electrons. The van der Waals surface area contributed by atoms with E-state index in [2.05, 4.69) is 34.5 Å². The fourth-order valence-electron chi connectivity index (χ4n) is 3.65. The van der Waals surface area contributed by atoms with Gasteiger partial charge in [0.15, 0.2) is 0 Å². The lowest BCUT2D eigenvalue weighted by Gasteiger charge is -2.32. The third-order valence-corrected chi connectivity index (χ3v) is 6.89. The molecule has 4 nitrogen and oxygen atoms in total. The lowest BCUT2D eigenvalue weighted by molar-refractivity contribution is 0.0913. The summed E-state index contributed by atoms with van der Waals surface area (Å²) in [6.45, 7) is 2.93. The average molecular weight is 415 g/mol. The van der Waals surface area contributed by atoms with Crippen molar-refractivity contribution >= 4 is 38.9 Å². The van der Waals surface area contributed by atoms with Gasteiger partial charge in [0, 0.05) is 35.8 Å². The highest BCUT2D eigenvalue weighted by Gasteiger charge is 2.24. The van der Waals surface area contributed by atoms with Crippen LogP contribution < -0.4 is 10.1 Å². The van der Waals surface area contributed by atoms with Crippen molar-refractivity contribution in [2.75, 3.05) is 20.2 Å². The molecule has 0 unspecified atom stereocenters. The van der Waals surface area contributed by atoms with Gasteiger partial charge in [0.2, 0.25) is 0 Å². The number of amides is 1. The van der Waals surface area contributed by atoms with Gasteiger partial charge in [-0.3, -0.25) is 9.69 Å². The maximum Gasteiger partial charge on any atom is 0.263 e. The molecular weight excluding hydrogens is 392 g/mol. The third-order valence-electron chi connectivity index (χ3n) is 5.21. The van der Waals surface area contributed by atoms with Crippen LogP contribution in [0.2, 0.25) is 5.02 Å². The van der Waals surface area contributed by atoms with Crippen molar-refractivity contribution < 1.29 is 9.53 Å². The van der Waals surface area contributed by atoms with E-state index in [0.29, 0.717) is 9.90 Å². The van der Waals surface area contributed by atoms with Gasteiger partial charge in [0.05, 0.1) is 12.1 Å². The second kappa shape index (κ2) is 8.52. The molecular formula is C22H23ClN2O2S. The van der Waals surface area contributed by atoms with Crippen molar-refractivity contribution in [3.63, 3.8) is 0 Å². The summed E-state index contributed by atoms with van der Waals surface area (Å²) in [5, 5.41) is 4.56. The molecule has 1 saturated heterocycles. The fourth-order valence-corrected chi connectivity index (χ4v) is 5.04. The molecule has 1 aliphatic heterocycles. The molecule has 0 spiro atoms. The highest BCUT2D eigenvalue weighted by atomic mass is 35.5. The number of carbonyl (C=O) groups is 1. The summed E-state index contributed by atoms with van der Waals surface area (Å²) in [4.78, 5) is 15.8. The third kappa shape index (κ3) is 4.17. The van der Waals surface area contributed by atoms with Crippen LogP contribution in [0.1, 0.15) is 28.1 Å². The van der Waals surface area contributed by atoms with Gasteiger partial charge in [-0.1, -0.05) is 41.9 Å². The Hall–Kier alpha value is -2.08. The van der Waals surface area contributed by atoms with Crippen molar-refractivity contribution in [2.45, 2.75) is 25.4 Å². The molecule has 0 radical (unpaired) electrons. The number of hydrogen-bond donors (Lipinski definition) is 1. The number of ether oxygens (including phenoxy) is 1. The quantitative estimate of drug-likeness (QED) is 0.641. The molecule has 1 aromatic heterocycles. The average Bonchev–Trinajstić information content (AvgIpc) is 3.06. The first-order valence-corrected chi connectivity index (χ1v) is 10.7. The molecule has 1 N–H and O–H groups in total. The number of halogens is 1. The number of nitrogens with zero attached hydrogens (tertiary/aromatic N) is 1. The van der Waals surface area contributed by atoms with Crippen LogP contribution in [-0.2, 0) is 6.54 Å². The molecule has 1 aliphatic rings. The van der Waals surface area contributed by atoms with E-state index < -0.39 is 0 Å². The highest BCUT2D eigenvalue weighted by molar-refractivity contribution is 7.21.